The van der Waals surface area contributed by atoms with Crippen LogP contribution in [0.15, 0.2) is 6.07 Å². The van der Waals surface area contributed by atoms with E-state index in [9.17, 15) is 9.59 Å². The highest BCUT2D eigenvalue weighted by atomic mass is 32.1. The predicted molar refractivity (Wildman–Crippen MR) is 89.0 cm³/mol. The van der Waals surface area contributed by atoms with Gasteiger partial charge in [0.05, 0.1) is 40.2 Å². The molecule has 1 amide bonds. The summed E-state index contributed by atoms with van der Waals surface area (Å²) in [4.78, 5) is 25.9. The van der Waals surface area contributed by atoms with Crippen LogP contribution in [0.4, 0.5) is 0 Å². The molecule has 0 unspecified atom stereocenters. The van der Waals surface area contributed by atoms with Crippen molar-refractivity contribution in [1.29, 1.82) is 0 Å². The van der Waals surface area contributed by atoms with Gasteiger partial charge in [0, 0.05) is 9.75 Å². The van der Waals surface area contributed by atoms with Gasteiger partial charge in [-0.05, 0) is 32.4 Å². The average molecular weight is 327 g/mol. The normalized spacial score (nSPS) is 11.3. The Kier molecular flexibility index (Phi) is 7.03. The Morgan fingerprint density at radius 2 is 2.00 bits per heavy atom. The zero-order chi connectivity index (χ0) is 16.8. The number of rotatable bonds is 8. The first-order valence-electron chi connectivity index (χ1n) is 7.53. The first-order valence-corrected chi connectivity index (χ1v) is 8.35. The summed E-state index contributed by atoms with van der Waals surface area (Å²) in [6.45, 7) is 7.83. The number of amides is 1. The van der Waals surface area contributed by atoms with Crippen molar-refractivity contribution in [2.45, 2.75) is 27.2 Å². The molecule has 0 aliphatic heterocycles. The van der Waals surface area contributed by atoms with Gasteiger partial charge < -0.3 is 14.5 Å². The second-order valence-electron chi connectivity index (χ2n) is 6.09. The van der Waals surface area contributed by atoms with Crippen LogP contribution in [0.2, 0.25) is 0 Å². The number of likely N-dealkylation sites (N-methyl/N-ethyl adjacent to an activating group) is 1. The van der Waals surface area contributed by atoms with Crippen molar-refractivity contribution in [1.82, 2.24) is 5.32 Å². The molecule has 0 saturated heterocycles. The highest BCUT2D eigenvalue weighted by Crippen LogP contribution is 2.20. The lowest BCUT2D eigenvalue weighted by Gasteiger charge is -2.28. The molecule has 0 radical (unpaired) electrons. The fourth-order valence-electron chi connectivity index (χ4n) is 2.23. The van der Waals surface area contributed by atoms with Crippen LogP contribution in [0.1, 0.15) is 22.2 Å². The Bertz CT molecular complexity index is 523. The summed E-state index contributed by atoms with van der Waals surface area (Å²) >= 11 is 1.72. The molecule has 1 heterocycles. The van der Waals surface area contributed by atoms with E-state index < -0.39 is 0 Å². The number of nitrogens with one attached hydrogen (secondary N) is 1. The minimum atomic E-state index is -0.205. The van der Waals surface area contributed by atoms with Gasteiger partial charge in [0.25, 0.3) is 0 Å². The minimum Gasteiger partial charge on any atom is -0.462 e. The van der Waals surface area contributed by atoms with Crippen LogP contribution in [0, 0.1) is 13.8 Å². The number of hydrogen-bond acceptors (Lipinski definition) is 4. The molecule has 0 saturated carbocycles. The predicted octanol–water partition coefficient (Wildman–Crippen LogP) is 1.66. The van der Waals surface area contributed by atoms with E-state index in [1.807, 2.05) is 21.0 Å². The Morgan fingerprint density at radius 3 is 2.55 bits per heavy atom. The molecule has 1 N–H and O–H groups in total. The summed E-state index contributed by atoms with van der Waals surface area (Å²) in [5, 5.41) is 2.93. The summed E-state index contributed by atoms with van der Waals surface area (Å²) in [6, 6.07) is 2.07. The van der Waals surface area contributed by atoms with Crippen molar-refractivity contribution in [2.24, 2.45) is 0 Å². The molecule has 1 aromatic heterocycles. The van der Waals surface area contributed by atoms with E-state index in [1.165, 1.54) is 9.75 Å². The lowest BCUT2D eigenvalue weighted by molar-refractivity contribution is -0.881. The molecule has 0 aromatic carbocycles. The molecular formula is C16H27N2O3S+. The highest BCUT2D eigenvalue weighted by molar-refractivity contribution is 7.12. The van der Waals surface area contributed by atoms with Crippen molar-refractivity contribution in [3.05, 3.63) is 21.4 Å². The lowest BCUT2D eigenvalue weighted by Crippen LogP contribution is -2.48. The minimum absolute atomic E-state index is 0.0250. The maximum absolute atomic E-state index is 12.0. The Hall–Kier alpha value is -1.40. The fourth-order valence-corrected chi connectivity index (χ4v) is 3.17. The third kappa shape index (κ3) is 6.58. The average Bonchev–Trinajstić information content (AvgIpc) is 2.66. The largest absolute Gasteiger partial charge is 0.462 e. The van der Waals surface area contributed by atoms with Crippen molar-refractivity contribution in [2.75, 3.05) is 40.3 Å². The molecule has 6 heteroatoms. The molecule has 22 heavy (non-hydrogen) atoms. The molecular weight excluding hydrogens is 300 g/mol. The summed E-state index contributed by atoms with van der Waals surface area (Å²) < 4.78 is 5.45. The van der Waals surface area contributed by atoms with Gasteiger partial charge in [0.2, 0.25) is 5.91 Å². The van der Waals surface area contributed by atoms with Crippen LogP contribution >= 0.6 is 11.3 Å². The Labute approximate surface area is 136 Å². The lowest BCUT2D eigenvalue weighted by atomic mass is 10.2. The van der Waals surface area contributed by atoms with Crippen molar-refractivity contribution in [3.8, 4) is 0 Å². The number of hydrogen-bond donors (Lipinski definition) is 1. The molecule has 0 aliphatic rings. The van der Waals surface area contributed by atoms with Crippen molar-refractivity contribution < 1.29 is 18.8 Å². The standard InChI is InChI=1S/C16H26N2O3S/c1-6-21-16(20)11-18(4,5)8-7-17-15(19)10-14-9-12(2)22-13(14)3/h9H,6-8,10-11H2,1-5H3/p+1. The van der Waals surface area contributed by atoms with Gasteiger partial charge in [-0.2, -0.15) is 0 Å². The maximum Gasteiger partial charge on any atom is 0.361 e. The van der Waals surface area contributed by atoms with Crippen LogP contribution < -0.4 is 5.32 Å². The number of carbonyl (C=O) groups excluding carboxylic acids is 2. The van der Waals surface area contributed by atoms with E-state index in [-0.39, 0.29) is 11.9 Å². The van der Waals surface area contributed by atoms with Crippen molar-refractivity contribution in [3.63, 3.8) is 0 Å². The van der Waals surface area contributed by atoms with Gasteiger partial charge in [-0.1, -0.05) is 0 Å². The molecule has 0 aliphatic carbocycles. The van der Waals surface area contributed by atoms with E-state index in [1.54, 1.807) is 18.3 Å². The number of ether oxygens (including phenoxy) is 1. The number of carbonyl (C=O) groups is 2. The molecule has 124 valence electrons. The molecule has 0 fully saturated rings. The third-order valence-electron chi connectivity index (χ3n) is 3.40. The van der Waals surface area contributed by atoms with Gasteiger partial charge in [-0.25, -0.2) is 4.79 Å². The zero-order valence-corrected chi connectivity index (χ0v) is 15.0. The van der Waals surface area contributed by atoms with Gasteiger partial charge in [-0.15, -0.1) is 11.3 Å². The summed E-state index contributed by atoms with van der Waals surface area (Å²) in [5.41, 5.74) is 1.10. The second kappa shape index (κ2) is 8.29. The van der Waals surface area contributed by atoms with Gasteiger partial charge in [-0.3, -0.25) is 4.79 Å². The van der Waals surface area contributed by atoms with Crippen LogP contribution in [-0.4, -0.2) is 56.7 Å². The first-order chi connectivity index (χ1) is 10.2. The zero-order valence-electron chi connectivity index (χ0n) is 14.2. The molecule has 0 bridgehead atoms. The molecule has 5 nitrogen and oxygen atoms in total. The topological polar surface area (TPSA) is 55.4 Å². The smallest absolute Gasteiger partial charge is 0.361 e. The van der Waals surface area contributed by atoms with E-state index in [2.05, 4.69) is 18.3 Å². The maximum atomic E-state index is 12.0. The first kappa shape index (κ1) is 18.6. The van der Waals surface area contributed by atoms with Crippen LogP contribution in [0.25, 0.3) is 0 Å². The molecule has 0 spiro atoms. The fraction of sp³-hybridized carbons (Fsp3) is 0.625. The highest BCUT2D eigenvalue weighted by Gasteiger charge is 2.21. The molecule has 1 aromatic rings. The second-order valence-corrected chi connectivity index (χ2v) is 7.55. The number of esters is 1. The Morgan fingerprint density at radius 1 is 1.32 bits per heavy atom. The third-order valence-corrected chi connectivity index (χ3v) is 4.40. The number of nitrogens with zero attached hydrogens (tertiary/aromatic N) is 1. The van der Waals surface area contributed by atoms with E-state index in [0.717, 1.165) is 5.56 Å². The van der Waals surface area contributed by atoms with E-state index in [4.69, 9.17) is 4.74 Å². The van der Waals surface area contributed by atoms with Gasteiger partial charge in [0.1, 0.15) is 0 Å². The van der Waals surface area contributed by atoms with Crippen LogP contribution in [0.3, 0.4) is 0 Å². The quantitative estimate of drug-likeness (QED) is 0.584. The van der Waals surface area contributed by atoms with Gasteiger partial charge >= 0.3 is 5.97 Å². The summed E-state index contributed by atoms with van der Waals surface area (Å²) in [7, 11) is 3.91. The SMILES string of the molecule is CCOC(=O)C[N+](C)(C)CCNC(=O)Cc1cc(C)sc1C. The van der Waals surface area contributed by atoms with E-state index >= 15 is 0 Å². The van der Waals surface area contributed by atoms with Crippen molar-refractivity contribution >= 4 is 23.2 Å². The van der Waals surface area contributed by atoms with Crippen LogP contribution in [-0.2, 0) is 20.7 Å². The number of thiophene rings is 1. The monoisotopic (exact) mass is 327 g/mol. The van der Waals surface area contributed by atoms with Gasteiger partial charge in [0.15, 0.2) is 6.54 Å². The summed E-state index contributed by atoms with van der Waals surface area (Å²) in [6.07, 6.45) is 0.418. The van der Waals surface area contributed by atoms with Crippen LogP contribution in [0.5, 0.6) is 0 Å². The Balaban J connectivity index is 2.35. The summed E-state index contributed by atoms with van der Waals surface area (Å²) in [5.74, 6) is -0.180. The number of quaternary nitrogens is 1. The van der Waals surface area contributed by atoms with E-state index in [0.29, 0.717) is 37.1 Å². The molecule has 1 rings (SSSR count). The molecule has 0 atom stereocenters. The number of aryl methyl sites for hydroxylation is 2.